The fraction of sp³-hybridized carbons (Fsp3) is 0.0400. The normalized spacial score (nSPS) is 10.8. The van der Waals surface area contributed by atoms with Gasteiger partial charge in [0.15, 0.2) is 5.75 Å². The lowest BCUT2D eigenvalue weighted by Gasteiger charge is -2.14. The van der Waals surface area contributed by atoms with E-state index in [1.54, 1.807) is 53.9 Å². The summed E-state index contributed by atoms with van der Waals surface area (Å²) in [6.45, 7) is 0. The molecule has 0 aliphatic heterocycles. The van der Waals surface area contributed by atoms with Gasteiger partial charge < -0.3 is 26.4 Å². The zero-order valence-corrected chi connectivity index (χ0v) is 19.9. The first-order valence-electron chi connectivity index (χ1n) is 10.4. The predicted octanol–water partition coefficient (Wildman–Crippen LogP) is 5.12. The lowest BCUT2D eigenvalue weighted by atomic mass is 10.0. The molecule has 0 aliphatic carbocycles. The summed E-state index contributed by atoms with van der Waals surface area (Å²) in [5.74, 6) is -3.99. The minimum absolute atomic E-state index is 0.0294. The Kier molecular flexibility index (Phi) is 8.01. The summed E-state index contributed by atoms with van der Waals surface area (Å²) in [6.07, 6.45) is -5.08. The number of ketones is 1. The zero-order chi connectivity index (χ0) is 28.2. The number of amidine groups is 1. The fourth-order valence-corrected chi connectivity index (χ4v) is 3.86. The second-order valence-electron chi connectivity index (χ2n) is 7.60. The van der Waals surface area contributed by atoms with Gasteiger partial charge >= 0.3 is 18.1 Å². The molecule has 13 heteroatoms. The molecule has 0 atom stereocenters. The number of halogens is 3. The van der Waals surface area contributed by atoms with Crippen LogP contribution in [0.25, 0.3) is 10.8 Å². The third kappa shape index (κ3) is 6.44. The summed E-state index contributed by atoms with van der Waals surface area (Å²) < 4.78 is 37.6. The molecule has 0 aliphatic rings. The number of ether oxygens (including phenoxy) is 1. The van der Waals surface area contributed by atoms with E-state index in [0.29, 0.717) is 16.2 Å². The van der Waals surface area contributed by atoms with E-state index in [1.165, 1.54) is 23.5 Å². The highest BCUT2D eigenvalue weighted by molar-refractivity contribution is 7.12. The minimum atomic E-state index is -5.08. The number of nitrogens with one attached hydrogen (secondary N) is 1. The average molecular weight is 545 g/mol. The van der Waals surface area contributed by atoms with Gasteiger partial charge in [-0.15, -0.1) is 11.3 Å². The van der Waals surface area contributed by atoms with Crippen LogP contribution in [0.15, 0.2) is 66.0 Å². The number of hydrogen-bond donors (Lipinski definition) is 5. The molecule has 38 heavy (non-hydrogen) atoms. The number of rotatable bonds is 6. The Bertz CT molecular complexity index is 1550. The molecule has 0 radical (unpaired) electrons. The van der Waals surface area contributed by atoms with Crippen LogP contribution < -0.4 is 16.2 Å². The third-order valence-corrected chi connectivity index (χ3v) is 5.81. The Labute approximate surface area is 216 Å². The number of carboxylic acid groups (broad SMARTS) is 2. The molecular weight excluding hydrogens is 527 g/mol. The highest BCUT2D eigenvalue weighted by Gasteiger charge is 2.38. The van der Waals surface area contributed by atoms with Crippen molar-refractivity contribution in [2.75, 3.05) is 5.73 Å². The van der Waals surface area contributed by atoms with E-state index in [0.717, 1.165) is 10.8 Å². The highest BCUT2D eigenvalue weighted by Crippen LogP contribution is 2.35. The summed E-state index contributed by atoms with van der Waals surface area (Å²) in [6, 6.07) is 16.6. The standard InChI is InChI=1S/C23H17N3O4S.C2HF3O2/c24-18-11-15(20(27)19-2-1-7-31-19)10-17(23(28)29)21(18)30-16-6-5-12-8-14(22(25)26)4-3-13(12)9-16;3-2(4,5)1(6)7/h1-11H,24H2,(H3,25,26)(H,28,29);(H,6,7). The molecule has 3 aromatic carbocycles. The SMILES string of the molecule is N=C(N)c1ccc2cc(Oc3c(N)cc(C(=O)c4cccs4)cc3C(=O)O)ccc2c1.O=C(O)C(F)(F)F. The van der Waals surface area contributed by atoms with Gasteiger partial charge in [-0.3, -0.25) is 10.2 Å². The molecule has 1 heterocycles. The second kappa shape index (κ2) is 11.0. The maximum Gasteiger partial charge on any atom is 0.490 e. The van der Waals surface area contributed by atoms with Crippen LogP contribution in [-0.2, 0) is 4.79 Å². The summed E-state index contributed by atoms with van der Waals surface area (Å²) in [7, 11) is 0. The van der Waals surface area contributed by atoms with Gasteiger partial charge in [-0.25, -0.2) is 9.59 Å². The number of hydrogen-bond acceptors (Lipinski definition) is 7. The number of fused-ring (bicyclic) bond motifs is 1. The lowest BCUT2D eigenvalue weighted by molar-refractivity contribution is -0.192. The lowest BCUT2D eigenvalue weighted by Crippen LogP contribution is -2.21. The average Bonchev–Trinajstić information content (AvgIpc) is 3.39. The highest BCUT2D eigenvalue weighted by atomic mass is 32.1. The van der Waals surface area contributed by atoms with E-state index in [2.05, 4.69) is 0 Å². The number of benzene rings is 3. The maximum atomic E-state index is 12.6. The number of alkyl halides is 3. The van der Waals surface area contributed by atoms with Gasteiger partial charge in [0.1, 0.15) is 17.1 Å². The summed E-state index contributed by atoms with van der Waals surface area (Å²) in [4.78, 5) is 33.9. The van der Waals surface area contributed by atoms with Gasteiger partial charge in [0, 0.05) is 11.1 Å². The number of anilines is 1. The molecule has 0 saturated carbocycles. The van der Waals surface area contributed by atoms with Crippen LogP contribution in [0.3, 0.4) is 0 Å². The first kappa shape index (κ1) is 27.7. The van der Waals surface area contributed by atoms with E-state index in [-0.39, 0.29) is 34.2 Å². The Morgan fingerprint density at radius 3 is 2.11 bits per heavy atom. The van der Waals surface area contributed by atoms with E-state index in [1.807, 2.05) is 0 Å². The number of carbonyl (C=O) groups excluding carboxylic acids is 1. The van der Waals surface area contributed by atoms with Crippen LogP contribution in [0.4, 0.5) is 18.9 Å². The zero-order valence-electron chi connectivity index (χ0n) is 19.1. The van der Waals surface area contributed by atoms with Crippen LogP contribution in [0.1, 0.15) is 31.2 Å². The first-order valence-corrected chi connectivity index (χ1v) is 11.3. The van der Waals surface area contributed by atoms with Gasteiger partial charge in [-0.1, -0.05) is 24.3 Å². The van der Waals surface area contributed by atoms with Crippen molar-refractivity contribution >= 4 is 51.4 Å². The molecule has 196 valence electrons. The van der Waals surface area contributed by atoms with Crippen molar-refractivity contribution in [3.63, 3.8) is 0 Å². The molecule has 1 aromatic heterocycles. The van der Waals surface area contributed by atoms with Crippen LogP contribution in [0.2, 0.25) is 0 Å². The topological polar surface area (TPSA) is 177 Å². The molecular formula is C25H18F3N3O6S. The Morgan fingerprint density at radius 2 is 1.55 bits per heavy atom. The number of aromatic carboxylic acids is 1. The minimum Gasteiger partial charge on any atom is -0.478 e. The molecule has 9 nitrogen and oxygen atoms in total. The Morgan fingerprint density at radius 1 is 0.921 bits per heavy atom. The molecule has 0 spiro atoms. The second-order valence-corrected chi connectivity index (χ2v) is 8.54. The van der Waals surface area contributed by atoms with Crippen molar-refractivity contribution in [1.82, 2.24) is 0 Å². The van der Waals surface area contributed by atoms with Crippen molar-refractivity contribution in [2.45, 2.75) is 6.18 Å². The molecule has 0 fully saturated rings. The van der Waals surface area contributed by atoms with E-state index < -0.39 is 18.1 Å². The van der Waals surface area contributed by atoms with Crippen LogP contribution in [-0.4, -0.2) is 39.9 Å². The molecule has 7 N–H and O–H groups in total. The Hall–Kier alpha value is -4.91. The first-order chi connectivity index (χ1) is 17.8. The predicted molar refractivity (Wildman–Crippen MR) is 134 cm³/mol. The van der Waals surface area contributed by atoms with Crippen molar-refractivity contribution in [2.24, 2.45) is 5.73 Å². The number of thiophene rings is 1. The number of nitrogen functional groups attached to an aromatic ring is 2. The van der Waals surface area contributed by atoms with Crippen LogP contribution >= 0.6 is 11.3 Å². The van der Waals surface area contributed by atoms with Crippen molar-refractivity contribution in [1.29, 1.82) is 5.41 Å². The van der Waals surface area contributed by atoms with Crippen molar-refractivity contribution < 1.29 is 42.5 Å². The smallest absolute Gasteiger partial charge is 0.478 e. The maximum absolute atomic E-state index is 12.6. The quantitative estimate of drug-likeness (QED) is 0.0959. The molecule has 4 rings (SSSR count). The van der Waals surface area contributed by atoms with E-state index >= 15 is 0 Å². The fourth-order valence-electron chi connectivity index (χ4n) is 3.18. The number of carboxylic acids is 2. The monoisotopic (exact) mass is 545 g/mol. The third-order valence-electron chi connectivity index (χ3n) is 4.94. The van der Waals surface area contributed by atoms with Crippen LogP contribution in [0, 0.1) is 5.41 Å². The van der Waals surface area contributed by atoms with Crippen molar-refractivity contribution in [3.05, 3.63) is 87.6 Å². The van der Waals surface area contributed by atoms with Crippen molar-refractivity contribution in [3.8, 4) is 11.5 Å². The summed E-state index contributed by atoms with van der Waals surface area (Å²) in [5.41, 5.74) is 12.2. The number of nitrogens with two attached hydrogens (primary N) is 2. The van der Waals surface area contributed by atoms with Gasteiger partial charge in [0.05, 0.1) is 10.6 Å². The summed E-state index contributed by atoms with van der Waals surface area (Å²) in [5, 5.41) is 27.8. The van der Waals surface area contributed by atoms with E-state index in [9.17, 15) is 27.9 Å². The van der Waals surface area contributed by atoms with Crippen LogP contribution in [0.5, 0.6) is 11.5 Å². The summed E-state index contributed by atoms with van der Waals surface area (Å²) >= 11 is 1.27. The van der Waals surface area contributed by atoms with Gasteiger partial charge in [-0.2, -0.15) is 13.2 Å². The number of carbonyl (C=O) groups is 3. The van der Waals surface area contributed by atoms with Gasteiger partial charge in [-0.05, 0) is 52.6 Å². The molecule has 0 unspecified atom stereocenters. The van der Waals surface area contributed by atoms with E-state index in [4.69, 9.17) is 31.5 Å². The molecule has 0 bridgehead atoms. The molecule has 0 amide bonds. The Balaban J connectivity index is 0.000000505. The van der Waals surface area contributed by atoms with Gasteiger partial charge in [0.25, 0.3) is 0 Å². The largest absolute Gasteiger partial charge is 0.490 e. The molecule has 0 saturated heterocycles. The van der Waals surface area contributed by atoms with Gasteiger partial charge in [0.2, 0.25) is 5.78 Å². The number of aliphatic carboxylic acids is 1. The molecule has 4 aromatic rings.